The van der Waals surface area contributed by atoms with Gasteiger partial charge in [0.25, 0.3) is 0 Å². The highest BCUT2D eigenvalue weighted by Crippen LogP contribution is 2.26. The van der Waals surface area contributed by atoms with Crippen LogP contribution in [0.25, 0.3) is 11.0 Å². The molecule has 0 unspecified atom stereocenters. The smallest absolute Gasteiger partial charge is 0.223 e. The number of aryl methyl sites for hydroxylation is 1. The lowest BCUT2D eigenvalue weighted by atomic mass is 10.1. The summed E-state index contributed by atoms with van der Waals surface area (Å²) in [5, 5.41) is 1.13. The van der Waals surface area contributed by atoms with Crippen LogP contribution in [0.2, 0.25) is 5.15 Å². The minimum absolute atomic E-state index is 0.156. The van der Waals surface area contributed by atoms with E-state index in [9.17, 15) is 0 Å². The molecule has 0 bridgehead atoms. The first-order valence-corrected chi connectivity index (χ1v) is 8.16. The van der Waals surface area contributed by atoms with Crippen molar-refractivity contribution in [3.05, 3.63) is 40.4 Å². The van der Waals surface area contributed by atoms with E-state index in [1.807, 2.05) is 50.7 Å². The van der Waals surface area contributed by atoms with Gasteiger partial charge in [-0.2, -0.15) is 4.98 Å². The van der Waals surface area contributed by atoms with E-state index in [1.165, 1.54) is 0 Å². The standard InChI is InChI=1S/C15H16ClN5O.C2H6/c1-8-6-18-11(9(2)12(8)22-3)7-21-5-4-10-13(16)19-15(17)20-14(10)21;1-2/h4-6H,7H2,1-3H3,(H2,17,19,20);1-2H3. The van der Waals surface area contributed by atoms with Gasteiger partial charge in [0.2, 0.25) is 5.95 Å². The number of nitrogen functional groups attached to an aromatic ring is 1. The molecule has 3 rings (SSSR count). The van der Waals surface area contributed by atoms with Gasteiger partial charge in [-0.1, -0.05) is 25.4 Å². The molecular formula is C17H22ClN5O. The van der Waals surface area contributed by atoms with Crippen molar-refractivity contribution in [2.24, 2.45) is 0 Å². The molecule has 0 aliphatic rings. The zero-order valence-corrected chi connectivity index (χ0v) is 15.3. The van der Waals surface area contributed by atoms with Crippen LogP contribution in [0.1, 0.15) is 30.7 Å². The molecule has 0 saturated heterocycles. The minimum Gasteiger partial charge on any atom is -0.496 e. The van der Waals surface area contributed by atoms with Crippen LogP contribution in [0, 0.1) is 13.8 Å². The van der Waals surface area contributed by atoms with Crippen LogP contribution < -0.4 is 10.5 Å². The lowest BCUT2D eigenvalue weighted by Crippen LogP contribution is -2.07. The summed E-state index contributed by atoms with van der Waals surface area (Å²) in [6.45, 7) is 8.52. The van der Waals surface area contributed by atoms with Crippen molar-refractivity contribution in [2.75, 3.05) is 12.8 Å². The van der Waals surface area contributed by atoms with Crippen molar-refractivity contribution in [1.29, 1.82) is 0 Å². The number of pyridine rings is 1. The number of hydrogen-bond acceptors (Lipinski definition) is 5. The van der Waals surface area contributed by atoms with E-state index in [4.69, 9.17) is 22.1 Å². The molecular weight excluding hydrogens is 326 g/mol. The van der Waals surface area contributed by atoms with E-state index in [0.29, 0.717) is 17.3 Å². The fourth-order valence-electron chi connectivity index (χ4n) is 2.56. The fourth-order valence-corrected chi connectivity index (χ4v) is 2.80. The van der Waals surface area contributed by atoms with Crippen molar-refractivity contribution in [2.45, 2.75) is 34.2 Å². The fraction of sp³-hybridized carbons (Fsp3) is 0.353. The summed E-state index contributed by atoms with van der Waals surface area (Å²) in [6, 6.07) is 1.87. The number of aromatic nitrogens is 4. The number of hydrogen-bond donors (Lipinski definition) is 1. The predicted octanol–water partition coefficient (Wildman–Crippen LogP) is 3.76. The maximum atomic E-state index is 6.10. The van der Waals surface area contributed by atoms with Gasteiger partial charge in [-0.05, 0) is 19.9 Å². The summed E-state index contributed by atoms with van der Waals surface area (Å²) in [5.74, 6) is 1.01. The quantitative estimate of drug-likeness (QED) is 0.730. The van der Waals surface area contributed by atoms with Gasteiger partial charge in [-0.25, -0.2) is 4.98 Å². The molecule has 0 atom stereocenters. The second kappa shape index (κ2) is 7.49. The second-order valence-electron chi connectivity index (χ2n) is 5.10. The number of fused-ring (bicyclic) bond motifs is 1. The highest BCUT2D eigenvalue weighted by atomic mass is 35.5. The Bertz CT molecular complexity index is 860. The largest absolute Gasteiger partial charge is 0.496 e. The Labute approximate surface area is 146 Å². The van der Waals surface area contributed by atoms with Gasteiger partial charge in [0, 0.05) is 23.5 Å². The van der Waals surface area contributed by atoms with Crippen LogP contribution in [-0.4, -0.2) is 26.6 Å². The molecule has 128 valence electrons. The normalized spacial score (nSPS) is 10.4. The zero-order valence-electron chi connectivity index (χ0n) is 14.6. The van der Waals surface area contributed by atoms with Gasteiger partial charge in [-0.3, -0.25) is 4.98 Å². The van der Waals surface area contributed by atoms with E-state index >= 15 is 0 Å². The first-order chi connectivity index (χ1) is 11.5. The Kier molecular flexibility index (Phi) is 5.62. The Hall–Kier alpha value is -2.34. The SMILES string of the molecule is CC.COc1c(C)cnc(Cn2ccc3c(Cl)nc(N)nc32)c1C. The van der Waals surface area contributed by atoms with E-state index in [2.05, 4.69) is 15.0 Å². The van der Waals surface area contributed by atoms with Crippen LogP contribution in [0.3, 0.4) is 0 Å². The first kappa shape index (κ1) is 18.0. The van der Waals surface area contributed by atoms with Gasteiger partial charge < -0.3 is 15.0 Å². The van der Waals surface area contributed by atoms with E-state index < -0.39 is 0 Å². The Morgan fingerprint density at radius 2 is 1.96 bits per heavy atom. The first-order valence-electron chi connectivity index (χ1n) is 7.78. The molecule has 0 aliphatic carbocycles. The zero-order chi connectivity index (χ0) is 17.9. The van der Waals surface area contributed by atoms with Crippen LogP contribution in [0.4, 0.5) is 5.95 Å². The van der Waals surface area contributed by atoms with Crippen LogP contribution in [0.15, 0.2) is 18.5 Å². The summed E-state index contributed by atoms with van der Waals surface area (Å²) in [7, 11) is 1.66. The molecule has 3 aromatic rings. The number of rotatable bonds is 3. The lowest BCUT2D eigenvalue weighted by molar-refractivity contribution is 0.406. The molecule has 6 nitrogen and oxygen atoms in total. The Morgan fingerprint density at radius 1 is 1.25 bits per heavy atom. The summed E-state index contributed by atoms with van der Waals surface area (Å²) >= 11 is 6.10. The van der Waals surface area contributed by atoms with Gasteiger partial charge in [0.1, 0.15) is 16.5 Å². The summed E-state index contributed by atoms with van der Waals surface area (Å²) in [5.41, 5.74) is 9.31. The molecule has 7 heteroatoms. The highest BCUT2D eigenvalue weighted by Gasteiger charge is 2.13. The van der Waals surface area contributed by atoms with Crippen molar-refractivity contribution in [3.63, 3.8) is 0 Å². The maximum Gasteiger partial charge on any atom is 0.223 e. The molecule has 0 saturated carbocycles. The third-order valence-corrected chi connectivity index (χ3v) is 3.95. The number of methoxy groups -OCH3 is 1. The van der Waals surface area contributed by atoms with Crippen molar-refractivity contribution >= 4 is 28.6 Å². The average molecular weight is 348 g/mol. The molecule has 2 N–H and O–H groups in total. The number of anilines is 1. The van der Waals surface area contributed by atoms with Crippen LogP contribution >= 0.6 is 11.6 Å². The molecule has 0 radical (unpaired) electrons. The topological polar surface area (TPSA) is 78.8 Å². The van der Waals surface area contributed by atoms with Gasteiger partial charge in [0.15, 0.2) is 0 Å². The predicted molar refractivity (Wildman–Crippen MR) is 97.7 cm³/mol. The molecule has 0 aliphatic heterocycles. The number of nitrogens with two attached hydrogens (primary N) is 1. The minimum atomic E-state index is 0.156. The number of ether oxygens (including phenoxy) is 1. The van der Waals surface area contributed by atoms with E-state index in [1.54, 1.807) is 7.11 Å². The molecule has 0 aromatic carbocycles. The van der Waals surface area contributed by atoms with Crippen LogP contribution in [0.5, 0.6) is 5.75 Å². The van der Waals surface area contributed by atoms with E-state index in [-0.39, 0.29) is 5.95 Å². The van der Waals surface area contributed by atoms with Gasteiger partial charge >= 0.3 is 0 Å². The number of nitrogens with zero attached hydrogens (tertiary/aromatic N) is 4. The molecule has 0 amide bonds. The van der Waals surface area contributed by atoms with Crippen molar-refractivity contribution < 1.29 is 4.74 Å². The lowest BCUT2D eigenvalue weighted by Gasteiger charge is -2.13. The number of halogens is 1. The van der Waals surface area contributed by atoms with Crippen molar-refractivity contribution in [1.82, 2.24) is 19.5 Å². The Balaban J connectivity index is 0.00000100. The third kappa shape index (κ3) is 3.28. The van der Waals surface area contributed by atoms with Crippen molar-refractivity contribution in [3.8, 4) is 5.75 Å². The van der Waals surface area contributed by atoms with Gasteiger partial charge in [0.05, 0.1) is 24.7 Å². The van der Waals surface area contributed by atoms with Crippen LogP contribution in [-0.2, 0) is 6.54 Å². The third-order valence-electron chi connectivity index (χ3n) is 3.66. The summed E-state index contributed by atoms with van der Waals surface area (Å²) in [4.78, 5) is 12.7. The summed E-state index contributed by atoms with van der Waals surface area (Å²) < 4.78 is 7.39. The molecule has 3 heterocycles. The average Bonchev–Trinajstić information content (AvgIpc) is 2.96. The maximum absolute atomic E-state index is 6.10. The molecule has 0 fully saturated rings. The summed E-state index contributed by atoms with van der Waals surface area (Å²) in [6.07, 6.45) is 3.71. The monoisotopic (exact) mass is 347 g/mol. The van der Waals surface area contributed by atoms with Gasteiger partial charge in [-0.15, -0.1) is 0 Å². The molecule has 0 spiro atoms. The Morgan fingerprint density at radius 3 is 2.62 bits per heavy atom. The van der Waals surface area contributed by atoms with E-state index in [0.717, 1.165) is 28.0 Å². The molecule has 24 heavy (non-hydrogen) atoms. The highest BCUT2D eigenvalue weighted by molar-refractivity contribution is 6.34. The molecule has 3 aromatic heterocycles. The second-order valence-corrected chi connectivity index (χ2v) is 5.46.